The molecule has 0 fully saturated rings. The average molecular weight is 217 g/mol. The summed E-state index contributed by atoms with van der Waals surface area (Å²) in [6.45, 7) is 1.33. The average Bonchev–Trinajstić information content (AvgIpc) is 2.16. The highest BCUT2D eigenvalue weighted by molar-refractivity contribution is 5.92. The van der Waals surface area contributed by atoms with Crippen molar-refractivity contribution in [1.29, 1.82) is 0 Å². The second kappa shape index (κ2) is 4.20. The molecule has 0 unspecified atom stereocenters. The van der Waals surface area contributed by atoms with Gasteiger partial charge in [0.25, 0.3) is 6.43 Å². The quantitative estimate of drug-likeness (QED) is 0.841. The summed E-state index contributed by atoms with van der Waals surface area (Å²) in [4.78, 5) is 14.5. The smallest absolute Gasteiger partial charge is 0.340 e. The number of aromatic carboxylic acids is 1. The first-order valence-corrected chi connectivity index (χ1v) is 4.04. The number of hydrogen-bond donors (Lipinski definition) is 1. The zero-order valence-electron chi connectivity index (χ0n) is 8.12. The van der Waals surface area contributed by atoms with Crippen molar-refractivity contribution >= 4 is 5.97 Å². The molecule has 1 aromatic heterocycles. The zero-order chi connectivity index (χ0) is 11.6. The number of nitrogens with zero attached hydrogens (tertiary/aromatic N) is 1. The molecule has 0 aromatic carbocycles. The number of pyridine rings is 1. The lowest BCUT2D eigenvalue weighted by molar-refractivity contribution is 0.0679. The molecule has 1 N–H and O–H groups in total. The molecule has 0 saturated carbocycles. The number of aromatic nitrogens is 1. The Kier molecular flexibility index (Phi) is 3.18. The van der Waals surface area contributed by atoms with Gasteiger partial charge in [-0.25, -0.2) is 13.6 Å². The summed E-state index contributed by atoms with van der Waals surface area (Å²) in [5, 5.41) is 8.81. The normalized spacial score (nSPS) is 10.5. The lowest BCUT2D eigenvalue weighted by Crippen LogP contribution is -2.09. The van der Waals surface area contributed by atoms with Crippen LogP contribution in [0.4, 0.5) is 8.78 Å². The first kappa shape index (κ1) is 11.4. The van der Waals surface area contributed by atoms with E-state index in [2.05, 4.69) is 9.72 Å². The monoisotopic (exact) mass is 217 g/mol. The summed E-state index contributed by atoms with van der Waals surface area (Å²) in [7, 11) is 1.20. The summed E-state index contributed by atoms with van der Waals surface area (Å²) in [6.07, 6.45) is -1.77. The van der Waals surface area contributed by atoms with Gasteiger partial charge in [0.15, 0.2) is 5.75 Å². The molecule has 0 saturated heterocycles. The Morgan fingerprint density at radius 3 is 2.60 bits per heavy atom. The Morgan fingerprint density at radius 1 is 1.60 bits per heavy atom. The van der Waals surface area contributed by atoms with Crippen LogP contribution in [0.2, 0.25) is 0 Å². The molecule has 0 aliphatic heterocycles. The Hall–Kier alpha value is -1.72. The first-order chi connectivity index (χ1) is 6.99. The van der Waals surface area contributed by atoms with Gasteiger partial charge in [0.2, 0.25) is 0 Å². The third-order valence-electron chi connectivity index (χ3n) is 1.93. The van der Waals surface area contributed by atoms with E-state index in [0.717, 1.165) is 6.20 Å². The van der Waals surface area contributed by atoms with Gasteiger partial charge in [0.1, 0.15) is 5.56 Å². The molecule has 0 bridgehead atoms. The molecule has 0 atom stereocenters. The van der Waals surface area contributed by atoms with Crippen LogP contribution >= 0.6 is 0 Å². The first-order valence-electron chi connectivity index (χ1n) is 4.04. The number of rotatable bonds is 3. The fourth-order valence-electron chi connectivity index (χ4n) is 1.25. The van der Waals surface area contributed by atoms with Gasteiger partial charge in [0.05, 0.1) is 18.9 Å². The Bertz CT molecular complexity index is 393. The summed E-state index contributed by atoms with van der Waals surface area (Å²) < 4.78 is 29.9. The molecule has 6 heteroatoms. The number of carboxylic acid groups (broad SMARTS) is 1. The van der Waals surface area contributed by atoms with E-state index < -0.39 is 23.5 Å². The van der Waals surface area contributed by atoms with E-state index in [1.807, 2.05) is 0 Å². The molecule has 15 heavy (non-hydrogen) atoms. The molecule has 0 amide bonds. The molecule has 0 spiro atoms. The lowest BCUT2D eigenvalue weighted by atomic mass is 10.1. The number of halogens is 2. The minimum absolute atomic E-state index is 0.0109. The molecule has 1 rings (SSSR count). The van der Waals surface area contributed by atoms with Gasteiger partial charge in [-0.1, -0.05) is 0 Å². The number of ether oxygens (including phenoxy) is 1. The number of methoxy groups -OCH3 is 1. The molecular weight excluding hydrogens is 208 g/mol. The summed E-state index contributed by atoms with van der Waals surface area (Å²) >= 11 is 0. The van der Waals surface area contributed by atoms with Gasteiger partial charge in [0, 0.05) is 5.69 Å². The fourth-order valence-corrected chi connectivity index (χ4v) is 1.25. The Balaban J connectivity index is 3.51. The van der Waals surface area contributed by atoms with Crippen molar-refractivity contribution in [2.45, 2.75) is 13.3 Å². The van der Waals surface area contributed by atoms with Gasteiger partial charge < -0.3 is 9.84 Å². The number of carboxylic acids is 1. The van der Waals surface area contributed by atoms with Gasteiger partial charge in [-0.3, -0.25) is 4.98 Å². The van der Waals surface area contributed by atoms with Crippen molar-refractivity contribution in [3.05, 3.63) is 23.0 Å². The SMILES string of the molecule is COc1cnc(C)c(C(F)F)c1C(=O)O. The van der Waals surface area contributed by atoms with Crippen LogP contribution in [0, 0.1) is 6.92 Å². The van der Waals surface area contributed by atoms with Crippen LogP contribution in [0.15, 0.2) is 6.20 Å². The third-order valence-corrected chi connectivity index (χ3v) is 1.93. The van der Waals surface area contributed by atoms with Crippen molar-refractivity contribution in [2.75, 3.05) is 7.11 Å². The van der Waals surface area contributed by atoms with Crippen LogP contribution in [0.1, 0.15) is 28.0 Å². The molecule has 0 aliphatic rings. The van der Waals surface area contributed by atoms with Crippen LogP contribution in [-0.4, -0.2) is 23.2 Å². The van der Waals surface area contributed by atoms with E-state index in [0.29, 0.717) is 0 Å². The van der Waals surface area contributed by atoms with E-state index >= 15 is 0 Å². The molecule has 1 aromatic rings. The topological polar surface area (TPSA) is 59.4 Å². The number of hydrogen-bond acceptors (Lipinski definition) is 3. The highest BCUT2D eigenvalue weighted by Crippen LogP contribution is 2.31. The van der Waals surface area contributed by atoms with Gasteiger partial charge in [-0.15, -0.1) is 0 Å². The molecule has 82 valence electrons. The molecule has 0 aliphatic carbocycles. The van der Waals surface area contributed by atoms with Crippen LogP contribution in [0.5, 0.6) is 5.75 Å². The van der Waals surface area contributed by atoms with Gasteiger partial charge in [-0.05, 0) is 6.92 Å². The Morgan fingerprint density at radius 2 is 2.20 bits per heavy atom. The van der Waals surface area contributed by atoms with Gasteiger partial charge in [-0.2, -0.15) is 0 Å². The van der Waals surface area contributed by atoms with Gasteiger partial charge >= 0.3 is 5.97 Å². The zero-order valence-corrected chi connectivity index (χ0v) is 8.12. The minimum atomic E-state index is -2.89. The minimum Gasteiger partial charge on any atom is -0.494 e. The number of carbonyl (C=O) groups is 1. The molecular formula is C9H9F2NO3. The number of alkyl halides is 2. The van der Waals surface area contributed by atoms with E-state index in [4.69, 9.17) is 5.11 Å². The summed E-state index contributed by atoms with van der Waals surface area (Å²) in [6, 6.07) is 0. The fraction of sp³-hybridized carbons (Fsp3) is 0.333. The molecule has 0 radical (unpaired) electrons. The van der Waals surface area contributed by atoms with Crippen molar-refractivity contribution in [3.8, 4) is 5.75 Å². The highest BCUT2D eigenvalue weighted by atomic mass is 19.3. The van der Waals surface area contributed by atoms with Crippen LogP contribution < -0.4 is 4.74 Å². The maximum atomic E-state index is 12.6. The summed E-state index contributed by atoms with van der Waals surface area (Å²) in [5.41, 5.74) is -1.13. The van der Waals surface area contributed by atoms with Crippen LogP contribution in [0.3, 0.4) is 0 Å². The number of aryl methyl sites for hydroxylation is 1. The van der Waals surface area contributed by atoms with E-state index in [1.54, 1.807) is 0 Å². The summed E-state index contributed by atoms with van der Waals surface area (Å²) in [5.74, 6) is -1.61. The standard InChI is InChI=1S/C9H9F2NO3/c1-4-6(8(10)11)7(9(13)14)5(15-2)3-12-4/h3,8H,1-2H3,(H,13,14). The van der Waals surface area contributed by atoms with Crippen molar-refractivity contribution in [3.63, 3.8) is 0 Å². The Labute approximate surface area is 84.5 Å². The van der Waals surface area contributed by atoms with Crippen molar-refractivity contribution in [1.82, 2.24) is 4.98 Å². The molecule has 4 nitrogen and oxygen atoms in total. The van der Waals surface area contributed by atoms with Crippen LogP contribution in [-0.2, 0) is 0 Å². The van der Waals surface area contributed by atoms with Crippen LogP contribution in [0.25, 0.3) is 0 Å². The van der Waals surface area contributed by atoms with E-state index in [-0.39, 0.29) is 11.4 Å². The largest absolute Gasteiger partial charge is 0.494 e. The highest BCUT2D eigenvalue weighted by Gasteiger charge is 2.25. The van der Waals surface area contributed by atoms with Crippen molar-refractivity contribution in [2.24, 2.45) is 0 Å². The second-order valence-electron chi connectivity index (χ2n) is 2.81. The predicted octanol–water partition coefficient (Wildman–Crippen LogP) is 2.03. The van der Waals surface area contributed by atoms with E-state index in [1.165, 1.54) is 14.0 Å². The lowest BCUT2D eigenvalue weighted by Gasteiger charge is -2.11. The second-order valence-corrected chi connectivity index (χ2v) is 2.81. The van der Waals surface area contributed by atoms with E-state index in [9.17, 15) is 13.6 Å². The maximum absolute atomic E-state index is 12.6. The molecule has 1 heterocycles. The predicted molar refractivity (Wildman–Crippen MR) is 47.4 cm³/mol. The van der Waals surface area contributed by atoms with Crippen molar-refractivity contribution < 1.29 is 23.4 Å². The maximum Gasteiger partial charge on any atom is 0.340 e. The third kappa shape index (κ3) is 2.03.